The average Bonchev–Trinajstić information content (AvgIpc) is 3.18. The first kappa shape index (κ1) is 22.2. The van der Waals surface area contributed by atoms with Gasteiger partial charge >= 0.3 is 0 Å². The Labute approximate surface area is 195 Å². The number of carbonyl (C=O) groups excluding carboxylic acids is 2. The Bertz CT molecular complexity index is 1290. The van der Waals surface area contributed by atoms with E-state index in [1.807, 2.05) is 48.9 Å². The van der Waals surface area contributed by atoms with Gasteiger partial charge in [-0.3, -0.25) is 14.6 Å². The molecule has 2 N–H and O–H groups in total. The summed E-state index contributed by atoms with van der Waals surface area (Å²) in [5, 5.41) is 14.7. The topological polar surface area (TPSA) is 102 Å². The third-order valence-corrected chi connectivity index (χ3v) is 5.81. The van der Waals surface area contributed by atoms with Crippen molar-refractivity contribution < 1.29 is 9.59 Å². The summed E-state index contributed by atoms with van der Waals surface area (Å²) in [5.74, 6) is 0.486. The van der Waals surface area contributed by atoms with E-state index in [2.05, 4.69) is 25.8 Å². The molecule has 0 aliphatic carbocycles. The number of carbonyl (C=O) groups is 2. The van der Waals surface area contributed by atoms with Crippen molar-refractivity contribution in [2.45, 2.75) is 12.1 Å². The summed E-state index contributed by atoms with van der Waals surface area (Å²) in [7, 11) is 1.86. The maximum Gasteiger partial charge on any atom is 0.255 e. The van der Waals surface area contributed by atoms with Gasteiger partial charge in [0.15, 0.2) is 11.0 Å². The average molecular weight is 459 g/mol. The summed E-state index contributed by atoms with van der Waals surface area (Å²) in [6.45, 7) is 1.94. The van der Waals surface area contributed by atoms with Crippen molar-refractivity contribution in [3.8, 4) is 11.4 Å². The number of aryl methyl sites for hydroxylation is 1. The van der Waals surface area contributed by atoms with Crippen molar-refractivity contribution in [2.24, 2.45) is 7.05 Å². The molecule has 166 valence electrons. The fourth-order valence-corrected chi connectivity index (χ4v) is 3.90. The van der Waals surface area contributed by atoms with Gasteiger partial charge in [-0.05, 0) is 49.4 Å². The first-order chi connectivity index (χ1) is 16.0. The van der Waals surface area contributed by atoms with Crippen LogP contribution in [0.1, 0.15) is 15.9 Å². The minimum Gasteiger partial charge on any atom is -0.325 e. The van der Waals surface area contributed by atoms with Crippen LogP contribution < -0.4 is 10.6 Å². The lowest BCUT2D eigenvalue weighted by atomic mass is 10.1. The van der Waals surface area contributed by atoms with Crippen LogP contribution in [-0.2, 0) is 11.8 Å². The van der Waals surface area contributed by atoms with Gasteiger partial charge in [0, 0.05) is 41.9 Å². The monoisotopic (exact) mass is 458 g/mol. The third-order valence-electron chi connectivity index (χ3n) is 4.79. The quantitative estimate of drug-likeness (QED) is 0.403. The summed E-state index contributed by atoms with van der Waals surface area (Å²) in [6, 6.07) is 18.1. The van der Waals surface area contributed by atoms with E-state index in [-0.39, 0.29) is 17.6 Å². The normalized spacial score (nSPS) is 10.6. The molecule has 0 fully saturated rings. The Hall–Kier alpha value is -3.98. The molecule has 0 aliphatic rings. The van der Waals surface area contributed by atoms with Crippen LogP contribution in [0.2, 0.25) is 0 Å². The zero-order valence-electron chi connectivity index (χ0n) is 18.1. The van der Waals surface area contributed by atoms with Crippen LogP contribution in [0.5, 0.6) is 0 Å². The van der Waals surface area contributed by atoms with Crippen molar-refractivity contribution in [2.75, 3.05) is 16.4 Å². The van der Waals surface area contributed by atoms with Crippen LogP contribution in [0.15, 0.2) is 78.2 Å². The predicted molar refractivity (Wildman–Crippen MR) is 129 cm³/mol. The SMILES string of the molecule is Cc1cccc(C(=O)Nc2cccc(NC(=O)CSc3nnc(-c4ccncc4)n3C)c2)c1. The largest absolute Gasteiger partial charge is 0.325 e. The van der Waals surface area contributed by atoms with Crippen molar-refractivity contribution in [3.63, 3.8) is 0 Å². The lowest BCUT2D eigenvalue weighted by molar-refractivity contribution is -0.113. The standard InChI is InChI=1S/C24H22N6O2S/c1-16-5-3-6-18(13-16)23(32)27-20-8-4-7-19(14-20)26-21(31)15-33-24-29-28-22(30(24)2)17-9-11-25-12-10-17/h3-14H,15H2,1-2H3,(H,26,31)(H,27,32). The Morgan fingerprint density at radius 3 is 2.42 bits per heavy atom. The van der Waals surface area contributed by atoms with Gasteiger partial charge < -0.3 is 15.2 Å². The van der Waals surface area contributed by atoms with Gasteiger partial charge in [-0.15, -0.1) is 10.2 Å². The van der Waals surface area contributed by atoms with Gasteiger partial charge in [0.05, 0.1) is 5.75 Å². The van der Waals surface area contributed by atoms with Crippen LogP contribution in [0.3, 0.4) is 0 Å². The molecule has 0 saturated carbocycles. The van der Waals surface area contributed by atoms with Crippen LogP contribution in [0.25, 0.3) is 11.4 Å². The first-order valence-corrected chi connectivity index (χ1v) is 11.2. The number of hydrogen-bond acceptors (Lipinski definition) is 6. The number of nitrogens with zero attached hydrogens (tertiary/aromatic N) is 4. The van der Waals surface area contributed by atoms with Crippen molar-refractivity contribution in [3.05, 3.63) is 84.2 Å². The van der Waals surface area contributed by atoms with E-state index < -0.39 is 0 Å². The summed E-state index contributed by atoms with van der Waals surface area (Å²) in [6.07, 6.45) is 3.39. The molecule has 2 aromatic heterocycles. The Morgan fingerprint density at radius 1 is 0.939 bits per heavy atom. The molecule has 0 spiro atoms. The number of pyridine rings is 1. The fourth-order valence-electron chi connectivity index (χ4n) is 3.18. The molecule has 33 heavy (non-hydrogen) atoms. The highest BCUT2D eigenvalue weighted by Crippen LogP contribution is 2.23. The lowest BCUT2D eigenvalue weighted by Crippen LogP contribution is -2.15. The maximum absolute atomic E-state index is 12.5. The number of amides is 2. The highest BCUT2D eigenvalue weighted by Gasteiger charge is 2.13. The first-order valence-electron chi connectivity index (χ1n) is 10.2. The zero-order valence-corrected chi connectivity index (χ0v) is 19.0. The molecule has 0 bridgehead atoms. The molecule has 4 aromatic rings. The van der Waals surface area contributed by atoms with Crippen LogP contribution in [-0.4, -0.2) is 37.3 Å². The van der Waals surface area contributed by atoms with Crippen molar-refractivity contribution in [1.29, 1.82) is 0 Å². The number of anilines is 2. The number of nitrogens with one attached hydrogen (secondary N) is 2. The van der Waals surface area contributed by atoms with Crippen molar-refractivity contribution in [1.82, 2.24) is 19.7 Å². The van der Waals surface area contributed by atoms with Gasteiger partial charge in [0.2, 0.25) is 5.91 Å². The summed E-state index contributed by atoms with van der Waals surface area (Å²) < 4.78 is 1.84. The smallest absolute Gasteiger partial charge is 0.255 e. The molecule has 8 nitrogen and oxygen atoms in total. The Kier molecular flexibility index (Phi) is 6.80. The lowest BCUT2D eigenvalue weighted by Gasteiger charge is -2.09. The summed E-state index contributed by atoms with van der Waals surface area (Å²) in [5.41, 5.74) is 3.69. The molecule has 0 aliphatic heterocycles. The van der Waals surface area contributed by atoms with E-state index in [1.165, 1.54) is 11.8 Å². The third kappa shape index (κ3) is 5.64. The molecule has 4 rings (SSSR count). The number of rotatable bonds is 7. The Morgan fingerprint density at radius 2 is 1.67 bits per heavy atom. The maximum atomic E-state index is 12.5. The number of thioether (sulfide) groups is 1. The second-order valence-corrected chi connectivity index (χ2v) is 8.28. The van der Waals surface area contributed by atoms with Crippen LogP contribution in [0, 0.1) is 6.92 Å². The summed E-state index contributed by atoms with van der Waals surface area (Å²) in [4.78, 5) is 29.0. The molecule has 0 atom stereocenters. The molecule has 0 radical (unpaired) electrons. The molecule has 0 unspecified atom stereocenters. The van der Waals surface area contributed by atoms with E-state index in [0.29, 0.717) is 27.9 Å². The number of benzene rings is 2. The molecule has 2 amide bonds. The van der Waals surface area contributed by atoms with Crippen LogP contribution in [0.4, 0.5) is 11.4 Å². The van der Waals surface area contributed by atoms with Gasteiger partial charge in [-0.1, -0.05) is 35.5 Å². The minimum absolute atomic E-state index is 0.169. The second kappa shape index (κ2) is 10.1. The van der Waals surface area contributed by atoms with E-state index in [0.717, 1.165) is 11.1 Å². The van der Waals surface area contributed by atoms with Gasteiger partial charge in [0.25, 0.3) is 5.91 Å². The minimum atomic E-state index is -0.204. The Balaban J connectivity index is 1.35. The molecule has 2 aromatic carbocycles. The van der Waals surface area contributed by atoms with E-state index in [1.54, 1.807) is 42.7 Å². The molecule has 9 heteroatoms. The summed E-state index contributed by atoms with van der Waals surface area (Å²) >= 11 is 1.30. The van der Waals surface area contributed by atoms with E-state index in [4.69, 9.17) is 0 Å². The predicted octanol–water partition coefficient (Wildman–Crippen LogP) is 4.17. The van der Waals surface area contributed by atoms with E-state index in [9.17, 15) is 9.59 Å². The van der Waals surface area contributed by atoms with Gasteiger partial charge in [-0.2, -0.15) is 0 Å². The van der Waals surface area contributed by atoms with Gasteiger partial charge in [-0.25, -0.2) is 0 Å². The highest BCUT2D eigenvalue weighted by atomic mass is 32.2. The van der Waals surface area contributed by atoms with E-state index >= 15 is 0 Å². The fraction of sp³-hybridized carbons (Fsp3) is 0.125. The van der Waals surface area contributed by atoms with Crippen LogP contribution >= 0.6 is 11.8 Å². The van der Waals surface area contributed by atoms with Crippen molar-refractivity contribution >= 4 is 35.0 Å². The molecular weight excluding hydrogens is 436 g/mol. The number of aromatic nitrogens is 4. The second-order valence-electron chi connectivity index (χ2n) is 7.34. The number of hydrogen-bond donors (Lipinski definition) is 2. The highest BCUT2D eigenvalue weighted by molar-refractivity contribution is 7.99. The zero-order chi connectivity index (χ0) is 23.2. The molecular formula is C24H22N6O2S. The van der Waals surface area contributed by atoms with Gasteiger partial charge in [0.1, 0.15) is 0 Å². The molecule has 0 saturated heterocycles. The molecule has 2 heterocycles.